The Kier molecular flexibility index (Phi) is 3.82. The van der Waals surface area contributed by atoms with Gasteiger partial charge in [-0.15, -0.1) is 11.6 Å². The molecule has 94 valence electrons. The topological polar surface area (TPSA) is 0 Å². The first-order valence-corrected chi connectivity index (χ1v) is 7.24. The van der Waals surface area contributed by atoms with Crippen molar-refractivity contribution in [3.63, 3.8) is 0 Å². The molecule has 1 aromatic carbocycles. The van der Waals surface area contributed by atoms with Gasteiger partial charge in [0, 0.05) is 0 Å². The van der Waals surface area contributed by atoms with Crippen LogP contribution >= 0.6 is 11.6 Å². The Morgan fingerprint density at radius 3 is 2.47 bits per heavy atom. The number of alkyl halides is 1. The highest BCUT2D eigenvalue weighted by molar-refractivity contribution is 6.21. The summed E-state index contributed by atoms with van der Waals surface area (Å²) in [7, 11) is 0. The van der Waals surface area contributed by atoms with E-state index in [2.05, 4.69) is 39.0 Å². The molecule has 0 spiro atoms. The van der Waals surface area contributed by atoms with Crippen LogP contribution in [0.5, 0.6) is 0 Å². The van der Waals surface area contributed by atoms with Gasteiger partial charge in [-0.3, -0.25) is 0 Å². The van der Waals surface area contributed by atoms with Crippen LogP contribution in [0, 0.1) is 19.3 Å². The molecule has 1 heteroatoms. The molecular formula is C16H23Cl. The molecule has 0 heterocycles. The molecule has 0 N–H and O–H groups in total. The van der Waals surface area contributed by atoms with Crippen molar-refractivity contribution in [2.24, 2.45) is 5.41 Å². The lowest BCUT2D eigenvalue weighted by atomic mass is 9.76. The predicted octanol–water partition coefficient (Wildman–Crippen LogP) is 5.55. The minimum Gasteiger partial charge on any atom is -0.117 e. The Balaban J connectivity index is 2.35. The molecule has 0 bridgehead atoms. The Morgan fingerprint density at radius 1 is 1.24 bits per heavy atom. The molecule has 1 atom stereocenters. The van der Waals surface area contributed by atoms with E-state index < -0.39 is 0 Å². The summed E-state index contributed by atoms with van der Waals surface area (Å²) in [5.41, 5.74) is 4.37. The minimum atomic E-state index is 0.190. The maximum atomic E-state index is 6.85. The van der Waals surface area contributed by atoms with Crippen molar-refractivity contribution in [3.05, 3.63) is 34.9 Å². The molecule has 1 aliphatic rings. The molecule has 0 radical (unpaired) electrons. The van der Waals surface area contributed by atoms with Crippen LogP contribution in [0.4, 0.5) is 0 Å². The number of benzene rings is 1. The van der Waals surface area contributed by atoms with Crippen LogP contribution in [0.25, 0.3) is 0 Å². The maximum absolute atomic E-state index is 6.85. The molecule has 0 nitrogen and oxygen atoms in total. The van der Waals surface area contributed by atoms with Gasteiger partial charge in [0.1, 0.15) is 0 Å². The zero-order chi connectivity index (χ0) is 12.5. The molecule has 2 rings (SSSR count). The number of aryl methyl sites for hydroxylation is 2. The van der Waals surface area contributed by atoms with Crippen molar-refractivity contribution >= 4 is 11.6 Å². The number of rotatable bonds is 3. The van der Waals surface area contributed by atoms with E-state index in [4.69, 9.17) is 11.6 Å². The summed E-state index contributed by atoms with van der Waals surface area (Å²) in [6, 6.07) is 6.66. The second kappa shape index (κ2) is 5.02. The van der Waals surface area contributed by atoms with E-state index in [-0.39, 0.29) is 5.38 Å². The fourth-order valence-electron chi connectivity index (χ4n) is 3.23. The van der Waals surface area contributed by atoms with Crippen LogP contribution in [0.1, 0.15) is 61.1 Å². The Bertz CT molecular complexity index is 389. The molecule has 0 amide bonds. The zero-order valence-electron chi connectivity index (χ0n) is 11.2. The second-order valence-corrected chi connectivity index (χ2v) is 6.08. The van der Waals surface area contributed by atoms with E-state index in [1.165, 1.54) is 48.8 Å². The Labute approximate surface area is 110 Å². The van der Waals surface area contributed by atoms with Gasteiger partial charge in [0.2, 0.25) is 0 Å². The van der Waals surface area contributed by atoms with Gasteiger partial charge in [-0.2, -0.15) is 0 Å². The molecule has 1 saturated carbocycles. The average Bonchev–Trinajstić information content (AvgIpc) is 2.81. The first kappa shape index (κ1) is 13.0. The molecule has 17 heavy (non-hydrogen) atoms. The predicted molar refractivity (Wildman–Crippen MR) is 75.7 cm³/mol. The van der Waals surface area contributed by atoms with Crippen molar-refractivity contribution in [1.29, 1.82) is 0 Å². The molecule has 1 fully saturated rings. The first-order valence-electron chi connectivity index (χ1n) is 6.80. The molecule has 1 aliphatic carbocycles. The monoisotopic (exact) mass is 250 g/mol. The summed E-state index contributed by atoms with van der Waals surface area (Å²) in [6.45, 7) is 6.63. The van der Waals surface area contributed by atoms with Gasteiger partial charge in [-0.05, 0) is 49.7 Å². The van der Waals surface area contributed by atoms with Crippen molar-refractivity contribution < 1.29 is 0 Å². The van der Waals surface area contributed by atoms with Crippen molar-refractivity contribution in [3.8, 4) is 0 Å². The number of hydrogen-bond donors (Lipinski definition) is 0. The van der Waals surface area contributed by atoms with E-state index in [0.717, 1.165) is 0 Å². The van der Waals surface area contributed by atoms with Gasteiger partial charge in [0.15, 0.2) is 0 Å². The second-order valence-electron chi connectivity index (χ2n) is 5.65. The summed E-state index contributed by atoms with van der Waals surface area (Å²) < 4.78 is 0. The Hall–Kier alpha value is -0.490. The van der Waals surface area contributed by atoms with E-state index in [1.807, 2.05) is 0 Å². The third-order valence-corrected chi connectivity index (χ3v) is 5.25. The van der Waals surface area contributed by atoms with Crippen LogP contribution < -0.4 is 0 Å². The lowest BCUT2D eigenvalue weighted by Crippen LogP contribution is -2.22. The van der Waals surface area contributed by atoms with E-state index in [9.17, 15) is 0 Å². The third kappa shape index (κ3) is 2.38. The summed E-state index contributed by atoms with van der Waals surface area (Å²) in [5, 5.41) is 0.190. The van der Waals surface area contributed by atoms with Gasteiger partial charge in [0.25, 0.3) is 0 Å². The molecule has 0 saturated heterocycles. The van der Waals surface area contributed by atoms with Crippen LogP contribution in [0.2, 0.25) is 0 Å². The number of halogens is 1. The fourth-order valence-corrected chi connectivity index (χ4v) is 3.84. The molecule has 1 unspecified atom stereocenters. The van der Waals surface area contributed by atoms with Crippen molar-refractivity contribution in [1.82, 2.24) is 0 Å². The Morgan fingerprint density at radius 2 is 1.88 bits per heavy atom. The SMILES string of the molecule is CCC1(C(Cl)c2cc(C)ccc2C)CCCC1. The maximum Gasteiger partial charge on any atom is 0.0644 e. The zero-order valence-corrected chi connectivity index (χ0v) is 12.0. The average molecular weight is 251 g/mol. The molecule has 1 aromatic rings. The van der Waals surface area contributed by atoms with E-state index in [1.54, 1.807) is 0 Å². The van der Waals surface area contributed by atoms with E-state index >= 15 is 0 Å². The normalized spacial score (nSPS) is 20.5. The molecule has 0 aromatic heterocycles. The van der Waals surface area contributed by atoms with Gasteiger partial charge in [0.05, 0.1) is 5.38 Å². The first-order chi connectivity index (χ1) is 8.09. The minimum absolute atomic E-state index is 0.190. The summed E-state index contributed by atoms with van der Waals surface area (Å²) in [5.74, 6) is 0. The van der Waals surface area contributed by atoms with Crippen LogP contribution in [-0.2, 0) is 0 Å². The van der Waals surface area contributed by atoms with Gasteiger partial charge in [-0.25, -0.2) is 0 Å². The smallest absolute Gasteiger partial charge is 0.0644 e. The third-order valence-electron chi connectivity index (χ3n) is 4.55. The quantitative estimate of drug-likeness (QED) is 0.617. The van der Waals surface area contributed by atoms with Gasteiger partial charge < -0.3 is 0 Å². The highest BCUT2D eigenvalue weighted by atomic mass is 35.5. The number of hydrogen-bond acceptors (Lipinski definition) is 0. The summed E-state index contributed by atoms with van der Waals surface area (Å²) in [6.07, 6.45) is 6.49. The lowest BCUT2D eigenvalue weighted by Gasteiger charge is -2.34. The fraction of sp³-hybridized carbons (Fsp3) is 0.625. The molecular weight excluding hydrogens is 228 g/mol. The van der Waals surface area contributed by atoms with Crippen molar-refractivity contribution in [2.75, 3.05) is 0 Å². The lowest BCUT2D eigenvalue weighted by molar-refractivity contribution is 0.270. The van der Waals surface area contributed by atoms with Gasteiger partial charge >= 0.3 is 0 Å². The van der Waals surface area contributed by atoms with Gasteiger partial charge in [-0.1, -0.05) is 43.5 Å². The summed E-state index contributed by atoms with van der Waals surface area (Å²) in [4.78, 5) is 0. The summed E-state index contributed by atoms with van der Waals surface area (Å²) >= 11 is 6.85. The molecule has 0 aliphatic heterocycles. The highest BCUT2D eigenvalue weighted by Crippen LogP contribution is 2.53. The van der Waals surface area contributed by atoms with Crippen LogP contribution in [-0.4, -0.2) is 0 Å². The van der Waals surface area contributed by atoms with Crippen LogP contribution in [0.15, 0.2) is 18.2 Å². The van der Waals surface area contributed by atoms with E-state index in [0.29, 0.717) is 5.41 Å². The standard InChI is InChI=1S/C16H23Cl/c1-4-16(9-5-6-10-16)15(17)14-11-12(2)7-8-13(14)3/h7-8,11,15H,4-6,9-10H2,1-3H3. The van der Waals surface area contributed by atoms with Crippen molar-refractivity contribution in [2.45, 2.75) is 58.3 Å². The van der Waals surface area contributed by atoms with Crippen LogP contribution in [0.3, 0.4) is 0 Å². The largest absolute Gasteiger partial charge is 0.117 e. The highest BCUT2D eigenvalue weighted by Gasteiger charge is 2.39.